The number of hydrogen-bond donors (Lipinski definition) is 1. The van der Waals surface area contributed by atoms with Gasteiger partial charge in [-0.1, -0.05) is 0 Å². The maximum atomic E-state index is 11.6. The quantitative estimate of drug-likeness (QED) is 0.790. The molecule has 0 aliphatic carbocycles. The standard InChI is InChI=1S/C12H13NO4/c1-7(2)17-12(15)8-3-4-10-9(5-8)13-11(14)6-16-10/h3-5,7H,6H2,1-2H3,(H,13,14). The van der Waals surface area contributed by atoms with Crippen LogP contribution in [0, 0.1) is 0 Å². The van der Waals surface area contributed by atoms with E-state index in [1.807, 2.05) is 0 Å². The van der Waals surface area contributed by atoms with Crippen LogP contribution < -0.4 is 10.1 Å². The highest BCUT2D eigenvalue weighted by atomic mass is 16.5. The lowest BCUT2D eigenvalue weighted by Gasteiger charge is -2.18. The molecular weight excluding hydrogens is 222 g/mol. The van der Waals surface area contributed by atoms with E-state index in [2.05, 4.69) is 5.32 Å². The number of benzene rings is 1. The lowest BCUT2D eigenvalue weighted by molar-refractivity contribution is -0.118. The largest absolute Gasteiger partial charge is 0.482 e. The van der Waals surface area contributed by atoms with Crippen LogP contribution >= 0.6 is 0 Å². The molecule has 1 heterocycles. The van der Waals surface area contributed by atoms with Crippen molar-refractivity contribution in [3.63, 3.8) is 0 Å². The molecule has 1 aromatic rings. The Labute approximate surface area is 98.7 Å². The van der Waals surface area contributed by atoms with E-state index >= 15 is 0 Å². The van der Waals surface area contributed by atoms with Crippen LogP contribution in [0.4, 0.5) is 5.69 Å². The molecule has 0 unspecified atom stereocenters. The first-order valence-electron chi connectivity index (χ1n) is 5.34. The summed E-state index contributed by atoms with van der Waals surface area (Å²) in [6, 6.07) is 4.81. The second kappa shape index (κ2) is 4.45. The fraction of sp³-hybridized carbons (Fsp3) is 0.333. The van der Waals surface area contributed by atoms with Crippen LogP contribution in [-0.4, -0.2) is 24.6 Å². The molecule has 1 N–H and O–H groups in total. The summed E-state index contributed by atoms with van der Waals surface area (Å²) in [5.41, 5.74) is 0.891. The van der Waals surface area contributed by atoms with Crippen LogP contribution in [0.3, 0.4) is 0 Å². The molecule has 0 radical (unpaired) electrons. The number of hydrogen-bond acceptors (Lipinski definition) is 4. The van der Waals surface area contributed by atoms with Crippen LogP contribution in [0.5, 0.6) is 5.75 Å². The second-order valence-corrected chi connectivity index (χ2v) is 4.00. The lowest BCUT2D eigenvalue weighted by Crippen LogP contribution is -2.25. The number of fused-ring (bicyclic) bond motifs is 1. The third-order valence-electron chi connectivity index (χ3n) is 2.19. The molecule has 5 heteroatoms. The normalized spacial score (nSPS) is 13.7. The van der Waals surface area contributed by atoms with Crippen molar-refractivity contribution in [1.29, 1.82) is 0 Å². The first-order valence-corrected chi connectivity index (χ1v) is 5.34. The Balaban J connectivity index is 2.23. The zero-order valence-electron chi connectivity index (χ0n) is 9.65. The summed E-state index contributed by atoms with van der Waals surface area (Å²) < 4.78 is 10.2. The Morgan fingerprint density at radius 2 is 2.24 bits per heavy atom. The van der Waals surface area contributed by atoms with Gasteiger partial charge in [0.1, 0.15) is 5.75 Å². The fourth-order valence-corrected chi connectivity index (χ4v) is 1.49. The molecule has 0 saturated heterocycles. The SMILES string of the molecule is CC(C)OC(=O)c1ccc2c(c1)NC(=O)CO2. The molecule has 1 aliphatic rings. The molecule has 90 valence electrons. The molecular formula is C12H13NO4. The summed E-state index contributed by atoms with van der Waals surface area (Å²) in [6.07, 6.45) is -0.177. The molecule has 1 amide bonds. The second-order valence-electron chi connectivity index (χ2n) is 4.00. The number of ether oxygens (including phenoxy) is 2. The molecule has 1 aromatic carbocycles. The van der Waals surface area contributed by atoms with Gasteiger partial charge < -0.3 is 14.8 Å². The van der Waals surface area contributed by atoms with Gasteiger partial charge in [-0.25, -0.2) is 4.79 Å². The number of rotatable bonds is 2. The Morgan fingerprint density at radius 3 is 2.94 bits per heavy atom. The van der Waals surface area contributed by atoms with E-state index in [1.54, 1.807) is 32.0 Å². The van der Waals surface area contributed by atoms with Crippen molar-refractivity contribution in [2.45, 2.75) is 20.0 Å². The highest BCUT2D eigenvalue weighted by molar-refractivity contribution is 5.98. The third kappa shape index (κ3) is 2.55. The lowest BCUT2D eigenvalue weighted by atomic mass is 10.1. The van der Waals surface area contributed by atoms with Crippen LogP contribution in [0.1, 0.15) is 24.2 Å². The summed E-state index contributed by atoms with van der Waals surface area (Å²) in [5, 5.41) is 2.64. The molecule has 0 bridgehead atoms. The van der Waals surface area contributed by atoms with Crippen LogP contribution in [0.15, 0.2) is 18.2 Å². The maximum Gasteiger partial charge on any atom is 0.338 e. The number of nitrogens with one attached hydrogen (secondary N) is 1. The molecule has 5 nitrogen and oxygen atoms in total. The topological polar surface area (TPSA) is 64.6 Å². The molecule has 2 rings (SSSR count). The van der Waals surface area contributed by atoms with Crippen molar-refractivity contribution < 1.29 is 19.1 Å². The summed E-state index contributed by atoms with van der Waals surface area (Å²) >= 11 is 0. The van der Waals surface area contributed by atoms with E-state index in [1.165, 1.54) is 0 Å². The molecule has 0 saturated carbocycles. The Hall–Kier alpha value is -2.04. The molecule has 0 aromatic heterocycles. The van der Waals surface area contributed by atoms with E-state index in [0.717, 1.165) is 0 Å². The highest BCUT2D eigenvalue weighted by Crippen LogP contribution is 2.28. The minimum atomic E-state index is -0.414. The maximum absolute atomic E-state index is 11.6. The van der Waals surface area contributed by atoms with E-state index in [0.29, 0.717) is 17.0 Å². The molecule has 17 heavy (non-hydrogen) atoms. The summed E-state index contributed by atoms with van der Waals surface area (Å²) in [5.74, 6) is -0.0832. The number of carbonyl (C=O) groups excluding carboxylic acids is 2. The van der Waals surface area contributed by atoms with Gasteiger partial charge in [-0.05, 0) is 32.0 Å². The van der Waals surface area contributed by atoms with E-state index in [-0.39, 0.29) is 18.6 Å². The summed E-state index contributed by atoms with van der Waals surface area (Å²) in [4.78, 5) is 22.8. The van der Waals surface area contributed by atoms with Gasteiger partial charge in [0.2, 0.25) is 0 Å². The zero-order chi connectivity index (χ0) is 12.4. The Morgan fingerprint density at radius 1 is 1.47 bits per heavy atom. The number of carbonyl (C=O) groups is 2. The van der Waals surface area contributed by atoms with Crippen LogP contribution in [0.25, 0.3) is 0 Å². The van der Waals surface area contributed by atoms with Gasteiger partial charge in [0.15, 0.2) is 6.61 Å². The molecule has 0 atom stereocenters. The van der Waals surface area contributed by atoms with Gasteiger partial charge in [0, 0.05) is 0 Å². The van der Waals surface area contributed by atoms with Gasteiger partial charge in [-0.15, -0.1) is 0 Å². The third-order valence-corrected chi connectivity index (χ3v) is 2.19. The van der Waals surface area contributed by atoms with Gasteiger partial charge in [0.25, 0.3) is 5.91 Å². The average Bonchev–Trinajstić information content (AvgIpc) is 2.27. The van der Waals surface area contributed by atoms with Crippen molar-refractivity contribution in [2.24, 2.45) is 0 Å². The minimum Gasteiger partial charge on any atom is -0.482 e. The zero-order valence-corrected chi connectivity index (χ0v) is 9.65. The van der Waals surface area contributed by atoms with E-state index in [9.17, 15) is 9.59 Å². The Kier molecular flexibility index (Phi) is 2.99. The van der Waals surface area contributed by atoms with Crippen LogP contribution in [0.2, 0.25) is 0 Å². The van der Waals surface area contributed by atoms with Gasteiger partial charge in [0.05, 0.1) is 17.4 Å². The fourth-order valence-electron chi connectivity index (χ4n) is 1.49. The number of amides is 1. The summed E-state index contributed by atoms with van der Waals surface area (Å²) in [7, 11) is 0. The van der Waals surface area contributed by atoms with Crippen molar-refractivity contribution >= 4 is 17.6 Å². The molecule has 1 aliphatic heterocycles. The molecule has 0 fully saturated rings. The number of esters is 1. The first-order chi connectivity index (χ1) is 8.06. The monoisotopic (exact) mass is 235 g/mol. The Bertz CT molecular complexity index is 468. The summed E-state index contributed by atoms with van der Waals surface area (Å²) in [6.45, 7) is 3.56. The van der Waals surface area contributed by atoms with Crippen molar-refractivity contribution in [2.75, 3.05) is 11.9 Å². The highest BCUT2D eigenvalue weighted by Gasteiger charge is 2.18. The van der Waals surface area contributed by atoms with Crippen molar-refractivity contribution in [3.05, 3.63) is 23.8 Å². The van der Waals surface area contributed by atoms with Crippen molar-refractivity contribution in [1.82, 2.24) is 0 Å². The van der Waals surface area contributed by atoms with Gasteiger partial charge >= 0.3 is 5.97 Å². The van der Waals surface area contributed by atoms with Crippen LogP contribution in [-0.2, 0) is 9.53 Å². The smallest absolute Gasteiger partial charge is 0.338 e. The first kappa shape index (κ1) is 11.4. The predicted octanol–water partition coefficient (Wildman–Crippen LogP) is 1.58. The van der Waals surface area contributed by atoms with E-state index in [4.69, 9.17) is 9.47 Å². The van der Waals surface area contributed by atoms with Gasteiger partial charge in [-0.3, -0.25) is 4.79 Å². The van der Waals surface area contributed by atoms with E-state index < -0.39 is 5.97 Å². The molecule has 0 spiro atoms. The van der Waals surface area contributed by atoms with Crippen molar-refractivity contribution in [3.8, 4) is 5.75 Å². The minimum absolute atomic E-state index is 0.00277. The average molecular weight is 235 g/mol. The predicted molar refractivity (Wildman–Crippen MR) is 61.1 cm³/mol. The number of anilines is 1. The van der Waals surface area contributed by atoms with Gasteiger partial charge in [-0.2, -0.15) is 0 Å².